The number of esters is 1. The molecular formula is C18H22O4. The van der Waals surface area contributed by atoms with Crippen LogP contribution in [0.5, 0.6) is 5.75 Å². The third kappa shape index (κ3) is 4.74. The largest absolute Gasteiger partial charge is 0.497 e. The molecule has 2 rings (SSSR count). The lowest BCUT2D eigenvalue weighted by molar-refractivity contribution is -0.144. The number of hydrogen-bond donors (Lipinski definition) is 0. The van der Waals surface area contributed by atoms with Crippen molar-refractivity contribution in [2.75, 3.05) is 20.3 Å². The van der Waals surface area contributed by atoms with E-state index in [4.69, 9.17) is 14.2 Å². The Morgan fingerprint density at radius 1 is 1.05 bits per heavy atom. The van der Waals surface area contributed by atoms with Crippen LogP contribution in [-0.2, 0) is 20.7 Å². The normalized spacial score (nSPS) is 10.9. The minimum Gasteiger partial charge on any atom is -0.497 e. The van der Waals surface area contributed by atoms with Gasteiger partial charge in [-0.15, -0.1) is 0 Å². The predicted octanol–water partition coefficient (Wildman–Crippen LogP) is 3.36. The number of carbonyl (C=O) groups is 1. The smallest absolute Gasteiger partial charge is 0.310 e. The van der Waals surface area contributed by atoms with Crippen molar-refractivity contribution in [3.8, 4) is 5.75 Å². The maximum atomic E-state index is 11.8. The lowest BCUT2D eigenvalue weighted by atomic mass is 10.0. The summed E-state index contributed by atoms with van der Waals surface area (Å²) in [7, 11) is 1.65. The second-order valence-corrected chi connectivity index (χ2v) is 5.36. The van der Waals surface area contributed by atoms with Gasteiger partial charge in [0.15, 0.2) is 0 Å². The molecule has 0 unspecified atom stereocenters. The van der Waals surface area contributed by atoms with Crippen LogP contribution < -0.4 is 4.74 Å². The molecule has 0 heterocycles. The van der Waals surface area contributed by atoms with Crippen LogP contribution in [0.2, 0.25) is 0 Å². The molecule has 0 bridgehead atoms. The maximum Gasteiger partial charge on any atom is 0.310 e. The first-order valence-electron chi connectivity index (χ1n) is 7.42. The Hall–Kier alpha value is -2.07. The molecule has 118 valence electrons. The summed E-state index contributed by atoms with van der Waals surface area (Å²) in [6.07, 6.45) is 0.417. The molecule has 0 spiro atoms. The second kappa shape index (κ2) is 7.80. The highest BCUT2D eigenvalue weighted by Gasteiger charge is 2.06. The van der Waals surface area contributed by atoms with E-state index in [1.54, 1.807) is 7.11 Å². The number of methoxy groups -OCH3 is 1. The molecule has 2 aromatic rings. The van der Waals surface area contributed by atoms with Crippen molar-refractivity contribution in [1.82, 2.24) is 0 Å². The molecule has 0 N–H and O–H groups in total. The Bertz CT molecular complexity index is 634. The molecule has 4 nitrogen and oxygen atoms in total. The van der Waals surface area contributed by atoms with Gasteiger partial charge < -0.3 is 14.2 Å². The average Bonchev–Trinajstić information content (AvgIpc) is 2.51. The molecule has 0 aliphatic carbocycles. The first-order valence-corrected chi connectivity index (χ1v) is 7.42. The van der Waals surface area contributed by atoms with E-state index < -0.39 is 0 Å². The molecule has 0 aliphatic rings. The summed E-state index contributed by atoms with van der Waals surface area (Å²) in [5, 5.41) is 2.16. The van der Waals surface area contributed by atoms with Crippen LogP contribution in [0, 0.1) is 0 Å². The summed E-state index contributed by atoms with van der Waals surface area (Å²) in [5.41, 5.74) is 0.937. The number of rotatable bonds is 7. The highest BCUT2D eigenvalue weighted by Crippen LogP contribution is 2.22. The average molecular weight is 302 g/mol. The third-order valence-corrected chi connectivity index (χ3v) is 3.26. The summed E-state index contributed by atoms with van der Waals surface area (Å²) in [4.78, 5) is 11.8. The van der Waals surface area contributed by atoms with Gasteiger partial charge in [0.05, 0.1) is 26.2 Å². The highest BCUT2D eigenvalue weighted by molar-refractivity contribution is 5.85. The summed E-state index contributed by atoms with van der Waals surface area (Å²) in [6, 6.07) is 11.8. The van der Waals surface area contributed by atoms with E-state index in [1.807, 2.05) is 50.2 Å². The van der Waals surface area contributed by atoms with Gasteiger partial charge in [-0.25, -0.2) is 0 Å². The van der Waals surface area contributed by atoms with Crippen molar-refractivity contribution in [2.45, 2.75) is 26.4 Å². The SMILES string of the molecule is COc1ccc2cc(CC(=O)OCCOC(C)C)ccc2c1. The Morgan fingerprint density at radius 3 is 2.50 bits per heavy atom. The number of carbonyl (C=O) groups excluding carboxylic acids is 1. The Kier molecular flexibility index (Phi) is 5.78. The first kappa shape index (κ1) is 16.3. The first-order chi connectivity index (χ1) is 10.6. The van der Waals surface area contributed by atoms with Crippen molar-refractivity contribution in [3.05, 3.63) is 42.0 Å². The second-order valence-electron chi connectivity index (χ2n) is 5.36. The highest BCUT2D eigenvalue weighted by atomic mass is 16.6. The molecule has 0 aliphatic heterocycles. The molecule has 0 radical (unpaired) electrons. The lowest BCUT2D eigenvalue weighted by Crippen LogP contribution is -2.14. The van der Waals surface area contributed by atoms with Crippen molar-refractivity contribution in [2.24, 2.45) is 0 Å². The fourth-order valence-electron chi connectivity index (χ4n) is 2.17. The zero-order chi connectivity index (χ0) is 15.9. The Labute approximate surface area is 131 Å². The van der Waals surface area contributed by atoms with Crippen molar-refractivity contribution < 1.29 is 19.0 Å². The topological polar surface area (TPSA) is 44.8 Å². The lowest BCUT2D eigenvalue weighted by Gasteiger charge is -2.09. The summed E-state index contributed by atoms with van der Waals surface area (Å²) < 4.78 is 15.7. The Morgan fingerprint density at radius 2 is 1.77 bits per heavy atom. The molecule has 0 atom stereocenters. The molecule has 2 aromatic carbocycles. The molecular weight excluding hydrogens is 280 g/mol. The Balaban J connectivity index is 1.92. The van der Waals surface area contributed by atoms with Gasteiger partial charge in [0.25, 0.3) is 0 Å². The summed E-state index contributed by atoms with van der Waals surface area (Å²) in [5.74, 6) is 0.588. The van der Waals surface area contributed by atoms with Crippen LogP contribution in [0.15, 0.2) is 36.4 Å². The molecule has 0 saturated carbocycles. The van der Waals surface area contributed by atoms with Crippen molar-refractivity contribution in [3.63, 3.8) is 0 Å². The summed E-state index contributed by atoms with van der Waals surface area (Å²) >= 11 is 0. The van der Waals surface area contributed by atoms with E-state index in [1.165, 1.54) is 0 Å². The molecule has 22 heavy (non-hydrogen) atoms. The zero-order valence-corrected chi connectivity index (χ0v) is 13.3. The van der Waals surface area contributed by atoms with E-state index in [9.17, 15) is 4.79 Å². The third-order valence-electron chi connectivity index (χ3n) is 3.26. The van der Waals surface area contributed by atoms with Gasteiger partial charge >= 0.3 is 5.97 Å². The number of hydrogen-bond acceptors (Lipinski definition) is 4. The number of ether oxygens (including phenoxy) is 3. The van der Waals surface area contributed by atoms with Crippen LogP contribution in [0.25, 0.3) is 10.8 Å². The van der Waals surface area contributed by atoms with Crippen molar-refractivity contribution >= 4 is 16.7 Å². The van der Waals surface area contributed by atoms with Gasteiger partial charge in [-0.2, -0.15) is 0 Å². The van der Waals surface area contributed by atoms with Crippen molar-refractivity contribution in [1.29, 1.82) is 0 Å². The monoisotopic (exact) mass is 302 g/mol. The number of benzene rings is 2. The van der Waals surface area contributed by atoms with Crippen LogP contribution >= 0.6 is 0 Å². The predicted molar refractivity (Wildman–Crippen MR) is 86.3 cm³/mol. The van der Waals surface area contributed by atoms with Crippen LogP contribution in [0.1, 0.15) is 19.4 Å². The molecule has 0 saturated heterocycles. The van der Waals surface area contributed by atoms with Gasteiger partial charge in [-0.1, -0.05) is 24.3 Å². The van der Waals surface area contributed by atoms with E-state index in [-0.39, 0.29) is 18.5 Å². The molecule has 4 heteroatoms. The summed E-state index contributed by atoms with van der Waals surface area (Å²) in [6.45, 7) is 4.63. The minimum atomic E-state index is -0.236. The van der Waals surface area contributed by atoms with Crippen LogP contribution in [0.4, 0.5) is 0 Å². The fourth-order valence-corrected chi connectivity index (χ4v) is 2.17. The van der Waals surface area contributed by atoms with E-state index in [0.717, 1.165) is 22.1 Å². The maximum absolute atomic E-state index is 11.8. The van der Waals surface area contributed by atoms with E-state index >= 15 is 0 Å². The van der Waals surface area contributed by atoms with Gasteiger partial charge in [0.1, 0.15) is 12.4 Å². The quantitative estimate of drug-likeness (QED) is 0.581. The van der Waals surface area contributed by atoms with Gasteiger partial charge in [-0.05, 0) is 42.3 Å². The molecule has 0 fully saturated rings. The number of fused-ring (bicyclic) bond motifs is 1. The van der Waals surface area contributed by atoms with Gasteiger partial charge in [0.2, 0.25) is 0 Å². The molecule has 0 amide bonds. The van der Waals surface area contributed by atoms with Gasteiger partial charge in [0, 0.05) is 0 Å². The standard InChI is InChI=1S/C18H22O4/c1-13(2)21-8-9-22-18(19)11-14-4-5-16-12-17(20-3)7-6-15(16)10-14/h4-7,10,12-13H,8-9,11H2,1-3H3. The van der Waals surface area contributed by atoms with E-state index in [2.05, 4.69) is 0 Å². The van der Waals surface area contributed by atoms with E-state index in [0.29, 0.717) is 13.2 Å². The zero-order valence-electron chi connectivity index (χ0n) is 13.3. The van der Waals surface area contributed by atoms with Crippen LogP contribution in [-0.4, -0.2) is 32.4 Å². The van der Waals surface area contributed by atoms with Gasteiger partial charge in [-0.3, -0.25) is 4.79 Å². The fraction of sp³-hybridized carbons (Fsp3) is 0.389. The van der Waals surface area contributed by atoms with Crippen LogP contribution in [0.3, 0.4) is 0 Å². The minimum absolute atomic E-state index is 0.149. The molecule has 0 aromatic heterocycles.